The Morgan fingerprint density at radius 3 is 2.47 bits per heavy atom. The molecule has 0 amide bonds. The van der Waals surface area contributed by atoms with Crippen molar-refractivity contribution in [1.82, 2.24) is 9.97 Å². The van der Waals surface area contributed by atoms with Gasteiger partial charge in [0.2, 0.25) is 0 Å². The van der Waals surface area contributed by atoms with Gasteiger partial charge in [-0.1, -0.05) is 47.5 Å². The van der Waals surface area contributed by atoms with Gasteiger partial charge in [-0.15, -0.1) is 12.4 Å². The van der Waals surface area contributed by atoms with E-state index < -0.39 is 0 Å². The molecule has 0 aliphatic carbocycles. The van der Waals surface area contributed by atoms with Crippen LogP contribution in [0.15, 0.2) is 72.9 Å². The molecule has 0 saturated carbocycles. The van der Waals surface area contributed by atoms with Crippen LogP contribution in [0.4, 0.5) is 0 Å². The van der Waals surface area contributed by atoms with Gasteiger partial charge in [0, 0.05) is 27.2 Å². The minimum atomic E-state index is 0. The fourth-order valence-electron chi connectivity index (χ4n) is 2.97. The molecule has 1 aromatic heterocycles. The number of benzene rings is 3. The zero-order valence-electron chi connectivity index (χ0n) is 16.1. The zero-order valence-corrected chi connectivity index (χ0v) is 18.4. The Balaban J connectivity index is 0.00000256. The lowest BCUT2D eigenvalue weighted by Gasteiger charge is -2.11. The minimum Gasteiger partial charge on any atom is -0.496 e. The second-order valence-electron chi connectivity index (χ2n) is 6.43. The van der Waals surface area contributed by atoms with Crippen molar-refractivity contribution in [3.8, 4) is 34.1 Å². The van der Waals surface area contributed by atoms with E-state index >= 15 is 0 Å². The zero-order chi connectivity index (χ0) is 20.2. The van der Waals surface area contributed by atoms with E-state index in [1.54, 1.807) is 13.3 Å². The topological polar surface area (TPSA) is 47.1 Å². The van der Waals surface area contributed by atoms with Gasteiger partial charge in [-0.2, -0.15) is 0 Å². The third kappa shape index (κ3) is 5.08. The Hall–Kier alpha value is -2.66. The number of aromatic amines is 1. The van der Waals surface area contributed by atoms with Gasteiger partial charge in [-0.3, -0.25) is 0 Å². The van der Waals surface area contributed by atoms with Crippen LogP contribution < -0.4 is 9.47 Å². The molecular weight excluding hydrogens is 443 g/mol. The van der Waals surface area contributed by atoms with Gasteiger partial charge in [0.25, 0.3) is 0 Å². The molecule has 0 spiro atoms. The molecule has 1 heterocycles. The average molecular weight is 462 g/mol. The van der Waals surface area contributed by atoms with Crippen LogP contribution in [0.5, 0.6) is 11.5 Å². The maximum Gasteiger partial charge on any atom is 0.137 e. The van der Waals surface area contributed by atoms with Crippen molar-refractivity contribution in [1.29, 1.82) is 0 Å². The number of aromatic nitrogens is 2. The molecule has 0 aliphatic heterocycles. The third-order valence-corrected chi connectivity index (χ3v) is 4.94. The van der Waals surface area contributed by atoms with E-state index in [9.17, 15) is 0 Å². The molecule has 7 heteroatoms. The van der Waals surface area contributed by atoms with E-state index in [2.05, 4.69) is 9.97 Å². The lowest BCUT2D eigenvalue weighted by Crippen LogP contribution is -1.96. The number of hydrogen-bond donors (Lipinski definition) is 1. The van der Waals surface area contributed by atoms with Gasteiger partial charge in [-0.05, 0) is 42.0 Å². The molecule has 4 aromatic rings. The first-order valence-electron chi connectivity index (χ1n) is 8.99. The van der Waals surface area contributed by atoms with Crippen molar-refractivity contribution in [2.24, 2.45) is 0 Å². The summed E-state index contributed by atoms with van der Waals surface area (Å²) in [6.45, 7) is 0.447. The Labute approximate surface area is 191 Å². The van der Waals surface area contributed by atoms with Gasteiger partial charge in [0.15, 0.2) is 0 Å². The lowest BCUT2D eigenvalue weighted by molar-refractivity contribution is 0.304. The Morgan fingerprint density at radius 2 is 1.73 bits per heavy atom. The highest BCUT2D eigenvalue weighted by molar-refractivity contribution is 6.31. The molecule has 0 aliphatic rings. The summed E-state index contributed by atoms with van der Waals surface area (Å²) >= 11 is 12.0. The molecule has 3 aromatic carbocycles. The number of imidazole rings is 1. The maximum absolute atomic E-state index is 6.08. The molecule has 4 nitrogen and oxygen atoms in total. The fraction of sp³-hybridized carbons (Fsp3) is 0.0870. The van der Waals surface area contributed by atoms with Crippen LogP contribution >= 0.6 is 35.6 Å². The molecule has 0 radical (unpaired) electrons. The Morgan fingerprint density at radius 1 is 0.933 bits per heavy atom. The summed E-state index contributed by atoms with van der Waals surface area (Å²) in [7, 11) is 1.63. The number of nitrogens with zero attached hydrogens (tertiary/aromatic N) is 1. The molecule has 1 N–H and O–H groups in total. The number of ether oxygens (including phenoxy) is 2. The van der Waals surface area contributed by atoms with Crippen LogP contribution in [0.25, 0.3) is 22.6 Å². The molecule has 0 atom stereocenters. The molecule has 0 saturated heterocycles. The SMILES string of the molecule is COc1cc(OCc2ccc(Cl)cc2)ccc1-c1cnc(-c2cccc(Cl)c2)[nH]1.Cl. The smallest absolute Gasteiger partial charge is 0.137 e. The van der Waals surface area contributed by atoms with Crippen molar-refractivity contribution in [3.63, 3.8) is 0 Å². The van der Waals surface area contributed by atoms with E-state index in [-0.39, 0.29) is 12.4 Å². The summed E-state index contributed by atoms with van der Waals surface area (Å²) in [6.07, 6.45) is 1.78. The van der Waals surface area contributed by atoms with Crippen molar-refractivity contribution in [2.45, 2.75) is 6.61 Å². The number of H-pyrrole nitrogens is 1. The van der Waals surface area contributed by atoms with Gasteiger partial charge in [-0.25, -0.2) is 4.98 Å². The first-order valence-corrected chi connectivity index (χ1v) is 9.74. The first kappa shape index (κ1) is 22.0. The van der Waals surface area contributed by atoms with Crippen LogP contribution in [-0.2, 0) is 6.61 Å². The summed E-state index contributed by atoms with van der Waals surface area (Å²) in [5.74, 6) is 2.16. The quantitative estimate of drug-likeness (QED) is 0.334. The summed E-state index contributed by atoms with van der Waals surface area (Å²) < 4.78 is 11.5. The largest absolute Gasteiger partial charge is 0.496 e. The summed E-state index contributed by atoms with van der Waals surface area (Å²) in [5.41, 5.74) is 3.70. The standard InChI is InChI=1S/C23H18Cl2N2O2.ClH/c1-28-22-12-19(29-14-15-5-7-17(24)8-6-15)9-10-20(22)21-13-26-23(27-21)16-3-2-4-18(25)11-16;/h2-13H,14H2,1H3,(H,26,27);1H. The van der Waals surface area contributed by atoms with Gasteiger partial charge in [0.05, 0.1) is 19.0 Å². The van der Waals surface area contributed by atoms with Crippen LogP contribution in [0, 0.1) is 0 Å². The van der Waals surface area contributed by atoms with E-state index in [0.717, 1.165) is 34.0 Å². The summed E-state index contributed by atoms with van der Waals surface area (Å²) in [4.78, 5) is 7.80. The normalized spacial score (nSPS) is 10.4. The molecule has 0 unspecified atom stereocenters. The van der Waals surface area contributed by atoms with Crippen molar-refractivity contribution in [2.75, 3.05) is 7.11 Å². The second kappa shape index (κ2) is 9.90. The number of rotatable bonds is 6. The van der Waals surface area contributed by atoms with Gasteiger partial charge >= 0.3 is 0 Å². The Kier molecular flexibility index (Phi) is 7.27. The monoisotopic (exact) mass is 460 g/mol. The number of methoxy groups -OCH3 is 1. The van der Waals surface area contributed by atoms with Gasteiger partial charge in [0.1, 0.15) is 23.9 Å². The van der Waals surface area contributed by atoms with Gasteiger partial charge < -0.3 is 14.5 Å². The van der Waals surface area contributed by atoms with Crippen LogP contribution in [0.1, 0.15) is 5.56 Å². The lowest BCUT2D eigenvalue weighted by atomic mass is 10.1. The highest BCUT2D eigenvalue weighted by atomic mass is 35.5. The van der Waals surface area contributed by atoms with Crippen molar-refractivity contribution in [3.05, 3.63) is 88.5 Å². The molecule has 30 heavy (non-hydrogen) atoms. The molecule has 4 rings (SSSR count). The van der Waals surface area contributed by atoms with Crippen LogP contribution in [0.2, 0.25) is 10.0 Å². The Bertz CT molecular complexity index is 1130. The summed E-state index contributed by atoms with van der Waals surface area (Å²) in [5, 5.41) is 1.37. The van der Waals surface area contributed by atoms with E-state index in [0.29, 0.717) is 22.4 Å². The molecule has 0 fully saturated rings. The maximum atomic E-state index is 6.08. The van der Waals surface area contributed by atoms with E-state index in [4.69, 9.17) is 32.7 Å². The average Bonchev–Trinajstić information content (AvgIpc) is 3.23. The highest BCUT2D eigenvalue weighted by Crippen LogP contribution is 2.34. The van der Waals surface area contributed by atoms with E-state index in [1.807, 2.05) is 66.7 Å². The number of halogens is 3. The van der Waals surface area contributed by atoms with Crippen molar-refractivity contribution < 1.29 is 9.47 Å². The highest BCUT2D eigenvalue weighted by Gasteiger charge is 2.12. The number of nitrogens with one attached hydrogen (secondary N) is 1. The first-order chi connectivity index (χ1) is 14.1. The molecule has 154 valence electrons. The summed E-state index contributed by atoms with van der Waals surface area (Å²) in [6, 6.07) is 20.9. The van der Waals surface area contributed by atoms with Crippen LogP contribution in [-0.4, -0.2) is 17.1 Å². The minimum absolute atomic E-state index is 0. The number of hydrogen-bond acceptors (Lipinski definition) is 3. The third-order valence-electron chi connectivity index (χ3n) is 4.46. The predicted octanol–water partition coefficient (Wildman–Crippen LogP) is 7.06. The molecule has 0 bridgehead atoms. The van der Waals surface area contributed by atoms with Crippen molar-refractivity contribution >= 4 is 35.6 Å². The molecular formula is C23H19Cl3N2O2. The van der Waals surface area contributed by atoms with Crippen LogP contribution in [0.3, 0.4) is 0 Å². The second-order valence-corrected chi connectivity index (χ2v) is 7.31. The fourth-order valence-corrected chi connectivity index (χ4v) is 3.29. The van der Waals surface area contributed by atoms with E-state index in [1.165, 1.54) is 0 Å². The predicted molar refractivity (Wildman–Crippen MR) is 124 cm³/mol.